The van der Waals surface area contributed by atoms with Crippen molar-refractivity contribution in [2.75, 3.05) is 7.11 Å². The predicted octanol–water partition coefficient (Wildman–Crippen LogP) is 3.08. The average molecular weight is 403 g/mol. The number of carbonyl (C=O) groups is 2. The average Bonchev–Trinajstić information content (AvgIpc) is 3.13. The van der Waals surface area contributed by atoms with Crippen LogP contribution in [0, 0.1) is 11.3 Å². The third-order valence-corrected chi connectivity index (χ3v) is 4.50. The SMILES string of the molecule is COc1ccc(/C=C/C(=O)N[C@@H](C)C(=O)OCc2cn3ccccc3c2C#N)cc1. The standard InChI is InChI=1S/C23H21N3O4/c1-16(25-22(27)11-8-17-6-9-19(29-2)10-7-17)23(28)30-15-18-14-26-12-4-3-5-21(26)20(18)13-24/h3-12,14,16H,15H2,1-2H3,(H,25,27)/b11-8+/t16-/m0/s1. The molecule has 7 nitrogen and oxygen atoms in total. The molecule has 0 saturated heterocycles. The van der Waals surface area contributed by atoms with Crippen molar-refractivity contribution in [3.63, 3.8) is 0 Å². The highest BCUT2D eigenvalue weighted by molar-refractivity contribution is 5.94. The van der Waals surface area contributed by atoms with Crippen molar-refractivity contribution in [2.24, 2.45) is 0 Å². The molecular weight excluding hydrogens is 382 g/mol. The lowest BCUT2D eigenvalue weighted by Gasteiger charge is -2.12. The third kappa shape index (κ3) is 4.86. The molecule has 0 aliphatic heterocycles. The van der Waals surface area contributed by atoms with E-state index in [-0.39, 0.29) is 6.61 Å². The first-order valence-electron chi connectivity index (χ1n) is 9.29. The number of methoxy groups -OCH3 is 1. The van der Waals surface area contributed by atoms with Crippen molar-refractivity contribution in [1.82, 2.24) is 9.72 Å². The van der Waals surface area contributed by atoms with Crippen LogP contribution >= 0.6 is 0 Å². The number of esters is 1. The molecule has 7 heteroatoms. The molecule has 1 N–H and O–H groups in total. The van der Waals surface area contributed by atoms with E-state index in [4.69, 9.17) is 9.47 Å². The van der Waals surface area contributed by atoms with Gasteiger partial charge in [0.1, 0.15) is 24.5 Å². The van der Waals surface area contributed by atoms with E-state index in [1.807, 2.05) is 36.5 Å². The second-order valence-corrected chi connectivity index (χ2v) is 6.58. The molecule has 3 rings (SSSR count). The number of nitrogens with one attached hydrogen (secondary N) is 1. The predicted molar refractivity (Wildman–Crippen MR) is 112 cm³/mol. The third-order valence-electron chi connectivity index (χ3n) is 4.50. The maximum Gasteiger partial charge on any atom is 0.328 e. The molecule has 0 aliphatic rings. The van der Waals surface area contributed by atoms with Gasteiger partial charge in [-0.2, -0.15) is 5.26 Å². The van der Waals surface area contributed by atoms with Crippen LogP contribution in [0.25, 0.3) is 11.6 Å². The number of pyridine rings is 1. The Kier molecular flexibility index (Phi) is 6.50. The number of carbonyl (C=O) groups excluding carboxylic acids is 2. The Morgan fingerprint density at radius 1 is 1.23 bits per heavy atom. The first-order valence-corrected chi connectivity index (χ1v) is 9.29. The number of nitrogens with zero attached hydrogens (tertiary/aromatic N) is 2. The van der Waals surface area contributed by atoms with Crippen LogP contribution in [0.4, 0.5) is 0 Å². The second kappa shape index (κ2) is 9.43. The van der Waals surface area contributed by atoms with Gasteiger partial charge in [0.2, 0.25) is 5.91 Å². The lowest BCUT2D eigenvalue weighted by atomic mass is 10.2. The van der Waals surface area contributed by atoms with Gasteiger partial charge >= 0.3 is 5.97 Å². The molecule has 0 spiro atoms. The topological polar surface area (TPSA) is 92.8 Å². The molecule has 3 aromatic rings. The summed E-state index contributed by atoms with van der Waals surface area (Å²) in [6.45, 7) is 1.49. The first-order chi connectivity index (χ1) is 14.5. The van der Waals surface area contributed by atoms with Crippen molar-refractivity contribution in [1.29, 1.82) is 5.26 Å². The van der Waals surface area contributed by atoms with Crippen LogP contribution in [-0.4, -0.2) is 29.4 Å². The molecule has 1 atom stereocenters. The number of rotatable bonds is 7. The summed E-state index contributed by atoms with van der Waals surface area (Å²) in [4.78, 5) is 24.3. The molecule has 1 amide bonds. The normalized spacial score (nSPS) is 11.8. The molecule has 1 aromatic carbocycles. The molecule has 2 aromatic heterocycles. The number of hydrogen-bond acceptors (Lipinski definition) is 5. The lowest BCUT2D eigenvalue weighted by Crippen LogP contribution is -2.38. The number of ether oxygens (including phenoxy) is 2. The maximum atomic E-state index is 12.2. The van der Waals surface area contributed by atoms with Gasteiger partial charge < -0.3 is 19.2 Å². The van der Waals surface area contributed by atoms with Crippen molar-refractivity contribution >= 4 is 23.5 Å². The van der Waals surface area contributed by atoms with E-state index in [0.29, 0.717) is 11.1 Å². The van der Waals surface area contributed by atoms with Crippen LogP contribution in [-0.2, 0) is 20.9 Å². The molecule has 0 aliphatic carbocycles. The van der Waals surface area contributed by atoms with E-state index in [2.05, 4.69) is 11.4 Å². The Hall–Kier alpha value is -4.05. The van der Waals surface area contributed by atoms with E-state index in [0.717, 1.165) is 16.8 Å². The van der Waals surface area contributed by atoms with Gasteiger partial charge in [-0.3, -0.25) is 4.79 Å². The Labute approximate surface area is 174 Å². The molecule has 0 fully saturated rings. The van der Waals surface area contributed by atoms with Crippen LogP contribution in [0.3, 0.4) is 0 Å². The number of fused-ring (bicyclic) bond motifs is 1. The fraction of sp³-hybridized carbons (Fsp3) is 0.174. The maximum absolute atomic E-state index is 12.2. The fourth-order valence-corrected chi connectivity index (χ4v) is 2.90. The molecule has 0 unspecified atom stereocenters. The van der Waals surface area contributed by atoms with Gasteiger partial charge in [-0.25, -0.2) is 4.79 Å². The zero-order chi connectivity index (χ0) is 21.5. The molecule has 152 valence electrons. The van der Waals surface area contributed by atoms with Crippen molar-refractivity contribution < 1.29 is 19.1 Å². The van der Waals surface area contributed by atoms with Gasteiger partial charge in [0, 0.05) is 24.0 Å². The second-order valence-electron chi connectivity index (χ2n) is 6.58. The number of hydrogen-bond donors (Lipinski definition) is 1. The summed E-state index contributed by atoms with van der Waals surface area (Å²) in [5.41, 5.74) is 2.64. The highest BCUT2D eigenvalue weighted by Crippen LogP contribution is 2.18. The highest BCUT2D eigenvalue weighted by atomic mass is 16.5. The number of benzene rings is 1. The van der Waals surface area contributed by atoms with E-state index in [1.165, 1.54) is 6.08 Å². The molecule has 0 bridgehead atoms. The molecular formula is C23H21N3O4. The number of nitriles is 1. The van der Waals surface area contributed by atoms with Gasteiger partial charge in [0.05, 0.1) is 18.2 Å². The summed E-state index contributed by atoms with van der Waals surface area (Å²) in [6.07, 6.45) is 6.56. The molecule has 0 radical (unpaired) electrons. The fourth-order valence-electron chi connectivity index (χ4n) is 2.90. The zero-order valence-electron chi connectivity index (χ0n) is 16.7. The van der Waals surface area contributed by atoms with Crippen LogP contribution in [0.2, 0.25) is 0 Å². The number of aromatic nitrogens is 1. The molecule has 0 saturated carbocycles. The minimum atomic E-state index is -0.833. The van der Waals surface area contributed by atoms with Crippen LogP contribution in [0.15, 0.2) is 60.9 Å². The number of amides is 1. The van der Waals surface area contributed by atoms with Gasteiger partial charge in [0.25, 0.3) is 0 Å². The Morgan fingerprint density at radius 2 is 2.00 bits per heavy atom. The van der Waals surface area contributed by atoms with Crippen LogP contribution < -0.4 is 10.1 Å². The Morgan fingerprint density at radius 3 is 2.70 bits per heavy atom. The molecule has 30 heavy (non-hydrogen) atoms. The Bertz CT molecular complexity index is 1120. The van der Waals surface area contributed by atoms with Crippen molar-refractivity contribution in [3.8, 4) is 11.8 Å². The minimum Gasteiger partial charge on any atom is -0.497 e. The van der Waals surface area contributed by atoms with Crippen LogP contribution in [0.1, 0.15) is 23.6 Å². The van der Waals surface area contributed by atoms with Crippen molar-refractivity contribution in [2.45, 2.75) is 19.6 Å². The van der Waals surface area contributed by atoms with Gasteiger partial charge in [-0.1, -0.05) is 18.2 Å². The van der Waals surface area contributed by atoms with Gasteiger partial charge in [0.15, 0.2) is 0 Å². The van der Waals surface area contributed by atoms with E-state index >= 15 is 0 Å². The summed E-state index contributed by atoms with van der Waals surface area (Å²) in [5, 5.41) is 12.0. The smallest absolute Gasteiger partial charge is 0.328 e. The summed E-state index contributed by atoms with van der Waals surface area (Å²) in [5.74, 6) is -0.272. The first kappa shape index (κ1) is 20.7. The van der Waals surface area contributed by atoms with E-state index < -0.39 is 17.9 Å². The monoisotopic (exact) mass is 403 g/mol. The zero-order valence-corrected chi connectivity index (χ0v) is 16.7. The highest BCUT2D eigenvalue weighted by Gasteiger charge is 2.18. The largest absolute Gasteiger partial charge is 0.497 e. The summed E-state index contributed by atoms with van der Waals surface area (Å²) < 4.78 is 12.2. The minimum absolute atomic E-state index is 0.0503. The van der Waals surface area contributed by atoms with Crippen LogP contribution in [0.5, 0.6) is 5.75 Å². The summed E-state index contributed by atoms with van der Waals surface area (Å²) in [7, 11) is 1.58. The van der Waals surface area contributed by atoms with Gasteiger partial charge in [-0.05, 0) is 42.8 Å². The summed E-state index contributed by atoms with van der Waals surface area (Å²) in [6, 6.07) is 14.0. The summed E-state index contributed by atoms with van der Waals surface area (Å²) >= 11 is 0. The van der Waals surface area contributed by atoms with Crippen molar-refractivity contribution in [3.05, 3.63) is 77.6 Å². The lowest BCUT2D eigenvalue weighted by molar-refractivity contribution is -0.148. The van der Waals surface area contributed by atoms with E-state index in [1.54, 1.807) is 42.8 Å². The molecule has 2 heterocycles. The van der Waals surface area contributed by atoms with E-state index in [9.17, 15) is 14.9 Å². The van der Waals surface area contributed by atoms with Gasteiger partial charge in [-0.15, -0.1) is 0 Å². The Balaban J connectivity index is 1.55. The quantitative estimate of drug-likeness (QED) is 0.483.